The predicted octanol–water partition coefficient (Wildman–Crippen LogP) is 2.60. The number of oxazole rings is 1. The number of nitrogens with zero attached hydrogens (tertiary/aromatic N) is 2. The highest BCUT2D eigenvalue weighted by molar-refractivity contribution is 6.31. The van der Waals surface area contributed by atoms with E-state index < -0.39 is 11.9 Å². The van der Waals surface area contributed by atoms with Gasteiger partial charge in [-0.25, -0.2) is 14.8 Å². The van der Waals surface area contributed by atoms with Crippen molar-refractivity contribution in [1.82, 2.24) is 15.3 Å². The van der Waals surface area contributed by atoms with Crippen molar-refractivity contribution < 1.29 is 23.5 Å². The molecule has 0 bridgehead atoms. The lowest BCUT2D eigenvalue weighted by Crippen LogP contribution is -2.23. The number of aromatic nitrogens is 2. The first kappa shape index (κ1) is 17.7. The predicted molar refractivity (Wildman–Crippen MR) is 92.3 cm³/mol. The molecule has 26 heavy (non-hydrogen) atoms. The number of pyridine rings is 1. The Bertz CT molecular complexity index is 972. The first-order chi connectivity index (χ1) is 12.5. The Morgan fingerprint density at radius 2 is 2.08 bits per heavy atom. The molecule has 0 aliphatic rings. The lowest BCUT2D eigenvalue weighted by molar-refractivity contribution is 0.0596. The van der Waals surface area contributed by atoms with Crippen LogP contribution in [0.1, 0.15) is 26.4 Å². The molecule has 1 amide bonds. The molecule has 9 heteroatoms. The van der Waals surface area contributed by atoms with Crippen LogP contribution in [0, 0.1) is 0 Å². The first-order valence-corrected chi connectivity index (χ1v) is 7.83. The summed E-state index contributed by atoms with van der Waals surface area (Å²) in [6.07, 6.45) is 2.42. The number of hydrogen-bond acceptors (Lipinski definition) is 7. The maximum Gasteiger partial charge on any atom is 0.343 e. The number of rotatable bonds is 5. The third-order valence-corrected chi connectivity index (χ3v) is 3.85. The lowest BCUT2D eigenvalue weighted by Gasteiger charge is -2.12. The molecule has 2 heterocycles. The Hall–Kier alpha value is -3.13. The van der Waals surface area contributed by atoms with E-state index in [1.165, 1.54) is 26.9 Å². The normalized spacial score (nSPS) is 10.6. The molecule has 134 valence electrons. The lowest BCUT2D eigenvalue weighted by atomic mass is 10.1. The molecule has 0 radical (unpaired) electrons. The Balaban J connectivity index is 1.99. The van der Waals surface area contributed by atoms with Gasteiger partial charge in [-0.2, -0.15) is 0 Å². The molecule has 1 N–H and O–H groups in total. The van der Waals surface area contributed by atoms with Crippen molar-refractivity contribution in [3.8, 4) is 5.88 Å². The number of carbonyl (C=O) groups excluding carboxylic acids is 2. The zero-order valence-electron chi connectivity index (χ0n) is 13.9. The molecule has 0 aliphatic heterocycles. The summed E-state index contributed by atoms with van der Waals surface area (Å²) >= 11 is 6.16. The molecule has 0 aliphatic carbocycles. The summed E-state index contributed by atoms with van der Waals surface area (Å²) in [6.45, 7) is 0.149. The maximum absolute atomic E-state index is 12.0. The monoisotopic (exact) mass is 375 g/mol. The van der Waals surface area contributed by atoms with Crippen molar-refractivity contribution in [2.75, 3.05) is 14.2 Å². The first-order valence-electron chi connectivity index (χ1n) is 7.45. The number of carbonyl (C=O) groups is 2. The second kappa shape index (κ2) is 7.40. The van der Waals surface area contributed by atoms with Crippen LogP contribution in [0.5, 0.6) is 5.88 Å². The van der Waals surface area contributed by atoms with Gasteiger partial charge in [0.1, 0.15) is 11.8 Å². The third kappa shape index (κ3) is 3.45. The molecule has 3 rings (SSSR count). The van der Waals surface area contributed by atoms with Crippen molar-refractivity contribution in [3.63, 3.8) is 0 Å². The van der Waals surface area contributed by atoms with Gasteiger partial charge < -0.3 is 19.2 Å². The molecule has 1 aromatic carbocycles. The zero-order valence-corrected chi connectivity index (χ0v) is 14.7. The van der Waals surface area contributed by atoms with Gasteiger partial charge in [0.2, 0.25) is 5.88 Å². The minimum absolute atomic E-state index is 0.121. The summed E-state index contributed by atoms with van der Waals surface area (Å²) in [4.78, 5) is 32.1. The quantitative estimate of drug-likeness (QED) is 0.683. The second-order valence-corrected chi connectivity index (χ2v) is 5.67. The van der Waals surface area contributed by atoms with Crippen molar-refractivity contribution in [1.29, 1.82) is 0 Å². The molecule has 2 aromatic heterocycles. The highest BCUT2D eigenvalue weighted by atomic mass is 35.5. The van der Waals surface area contributed by atoms with E-state index in [0.29, 0.717) is 21.5 Å². The highest BCUT2D eigenvalue weighted by Gasteiger charge is 2.18. The van der Waals surface area contributed by atoms with E-state index in [9.17, 15) is 9.59 Å². The van der Waals surface area contributed by atoms with Crippen LogP contribution in [0.15, 0.2) is 35.3 Å². The Kier molecular flexibility index (Phi) is 5.04. The fourth-order valence-electron chi connectivity index (χ4n) is 2.44. The number of ether oxygens (including phenoxy) is 2. The van der Waals surface area contributed by atoms with E-state index in [2.05, 4.69) is 15.3 Å². The average molecular weight is 376 g/mol. The van der Waals surface area contributed by atoms with Crippen LogP contribution in [0.25, 0.3) is 10.9 Å². The van der Waals surface area contributed by atoms with E-state index in [1.54, 1.807) is 18.2 Å². The van der Waals surface area contributed by atoms with E-state index in [-0.39, 0.29) is 23.7 Å². The Labute approximate surface area is 153 Å². The molecule has 0 unspecified atom stereocenters. The van der Waals surface area contributed by atoms with Gasteiger partial charge in [-0.1, -0.05) is 11.6 Å². The van der Waals surface area contributed by atoms with Crippen LogP contribution in [0.4, 0.5) is 0 Å². The Morgan fingerprint density at radius 3 is 2.73 bits per heavy atom. The number of amides is 1. The molecular formula is C17H14ClN3O5. The van der Waals surface area contributed by atoms with Crippen LogP contribution in [0.3, 0.4) is 0 Å². The average Bonchev–Trinajstić information content (AvgIpc) is 3.18. The minimum atomic E-state index is -0.572. The van der Waals surface area contributed by atoms with E-state index in [4.69, 9.17) is 25.5 Å². The summed E-state index contributed by atoms with van der Waals surface area (Å²) in [5.74, 6) is -0.849. The summed E-state index contributed by atoms with van der Waals surface area (Å²) in [5.41, 5.74) is 1.54. The third-order valence-electron chi connectivity index (χ3n) is 3.63. The van der Waals surface area contributed by atoms with Gasteiger partial charge in [-0.15, -0.1) is 0 Å². The highest BCUT2D eigenvalue weighted by Crippen LogP contribution is 2.28. The number of halogens is 1. The largest absolute Gasteiger partial charge is 0.480 e. The van der Waals surface area contributed by atoms with Crippen molar-refractivity contribution in [2.24, 2.45) is 0 Å². The van der Waals surface area contributed by atoms with Crippen LogP contribution in [-0.4, -0.2) is 36.1 Å². The molecule has 8 nitrogen and oxygen atoms in total. The van der Waals surface area contributed by atoms with Gasteiger partial charge in [0.15, 0.2) is 12.1 Å². The SMILES string of the molecule is COC(=O)c1cc2cc(Cl)cc(CNC(=O)c3cocn3)c2nc1OC. The molecule has 0 saturated heterocycles. The number of esters is 1. The number of benzene rings is 1. The van der Waals surface area contributed by atoms with E-state index >= 15 is 0 Å². The van der Waals surface area contributed by atoms with Crippen molar-refractivity contribution in [2.45, 2.75) is 6.54 Å². The topological polar surface area (TPSA) is 104 Å². The van der Waals surface area contributed by atoms with Crippen molar-refractivity contribution >= 4 is 34.4 Å². The van der Waals surface area contributed by atoms with Gasteiger partial charge in [0, 0.05) is 17.0 Å². The van der Waals surface area contributed by atoms with Gasteiger partial charge in [0.05, 0.1) is 19.7 Å². The summed E-state index contributed by atoms with van der Waals surface area (Å²) in [5, 5.41) is 3.77. The van der Waals surface area contributed by atoms with Gasteiger partial charge >= 0.3 is 5.97 Å². The van der Waals surface area contributed by atoms with Crippen LogP contribution < -0.4 is 10.1 Å². The van der Waals surface area contributed by atoms with E-state index in [0.717, 1.165) is 0 Å². The van der Waals surface area contributed by atoms with Crippen LogP contribution >= 0.6 is 11.6 Å². The number of fused-ring (bicyclic) bond motifs is 1. The number of hydrogen-bond donors (Lipinski definition) is 1. The molecule has 0 saturated carbocycles. The molecule has 0 atom stereocenters. The molecular weight excluding hydrogens is 362 g/mol. The zero-order chi connectivity index (χ0) is 18.7. The number of methoxy groups -OCH3 is 2. The van der Waals surface area contributed by atoms with Crippen LogP contribution in [-0.2, 0) is 11.3 Å². The van der Waals surface area contributed by atoms with Gasteiger partial charge in [-0.05, 0) is 23.8 Å². The van der Waals surface area contributed by atoms with Crippen LogP contribution in [0.2, 0.25) is 5.02 Å². The summed E-state index contributed by atoms with van der Waals surface area (Å²) < 4.78 is 14.7. The number of nitrogens with one attached hydrogen (secondary N) is 1. The summed E-state index contributed by atoms with van der Waals surface area (Å²) in [7, 11) is 2.68. The van der Waals surface area contributed by atoms with Gasteiger partial charge in [0.25, 0.3) is 5.91 Å². The van der Waals surface area contributed by atoms with Gasteiger partial charge in [-0.3, -0.25) is 4.79 Å². The Morgan fingerprint density at radius 1 is 1.27 bits per heavy atom. The molecule has 0 spiro atoms. The van der Waals surface area contributed by atoms with E-state index in [1.807, 2.05) is 0 Å². The second-order valence-electron chi connectivity index (χ2n) is 5.23. The fraction of sp³-hybridized carbons (Fsp3) is 0.176. The standard InChI is InChI=1S/C17H14ClN3O5/c1-24-16-12(17(23)25-2)5-9-3-11(18)4-10(14(9)21-16)6-19-15(22)13-7-26-8-20-13/h3-5,7-8H,6H2,1-2H3,(H,19,22). The fourth-order valence-corrected chi connectivity index (χ4v) is 2.69. The minimum Gasteiger partial charge on any atom is -0.480 e. The molecule has 3 aromatic rings. The molecule has 0 fully saturated rings. The maximum atomic E-state index is 12.0. The van der Waals surface area contributed by atoms with Crippen molar-refractivity contribution in [3.05, 3.63) is 52.7 Å². The summed E-state index contributed by atoms with van der Waals surface area (Å²) in [6, 6.07) is 4.93. The smallest absolute Gasteiger partial charge is 0.343 e.